The molecule has 1 aromatic carbocycles. The number of benzene rings is 1. The molecule has 0 bridgehead atoms. The van der Waals surface area contributed by atoms with E-state index in [0.29, 0.717) is 0 Å². The zero-order chi connectivity index (χ0) is 12.1. The van der Waals surface area contributed by atoms with Crippen molar-refractivity contribution < 1.29 is 0 Å². The predicted octanol–water partition coefficient (Wildman–Crippen LogP) is 1.94. The first kappa shape index (κ1) is 11.8. The Balaban J connectivity index is 2.18. The summed E-state index contributed by atoms with van der Waals surface area (Å²) in [6.45, 7) is 5.94. The molecule has 1 heterocycles. The molecule has 0 atom stereocenters. The molecule has 0 spiro atoms. The maximum absolute atomic E-state index is 4.14. The second-order valence-electron chi connectivity index (χ2n) is 3.96. The molecular formula is C13H18N4. The molecule has 0 aliphatic carbocycles. The van der Waals surface area contributed by atoms with E-state index in [9.17, 15) is 0 Å². The van der Waals surface area contributed by atoms with Crippen LogP contribution < -0.4 is 5.32 Å². The summed E-state index contributed by atoms with van der Waals surface area (Å²) in [5.74, 6) is 0. The molecule has 0 saturated heterocycles. The minimum Gasteiger partial charge on any atom is -0.311 e. The van der Waals surface area contributed by atoms with Crippen molar-refractivity contribution in [3.8, 4) is 5.69 Å². The van der Waals surface area contributed by atoms with E-state index in [-0.39, 0.29) is 0 Å². The lowest BCUT2D eigenvalue weighted by Crippen LogP contribution is -2.11. The molecule has 0 unspecified atom stereocenters. The second kappa shape index (κ2) is 5.59. The van der Waals surface area contributed by atoms with Crippen LogP contribution in [-0.4, -0.2) is 21.5 Å². The third-order valence-electron chi connectivity index (χ3n) is 2.68. The van der Waals surface area contributed by atoms with E-state index in [1.807, 2.05) is 16.9 Å². The van der Waals surface area contributed by atoms with E-state index in [4.69, 9.17) is 0 Å². The Hall–Kier alpha value is -1.68. The first-order chi connectivity index (χ1) is 8.33. The van der Waals surface area contributed by atoms with Gasteiger partial charge in [0.2, 0.25) is 0 Å². The van der Waals surface area contributed by atoms with Crippen molar-refractivity contribution in [3.05, 3.63) is 41.7 Å². The maximum Gasteiger partial charge on any atom is 0.0969 e. The highest BCUT2D eigenvalue weighted by Crippen LogP contribution is 2.10. The van der Waals surface area contributed by atoms with E-state index >= 15 is 0 Å². The summed E-state index contributed by atoms with van der Waals surface area (Å²) in [5.41, 5.74) is 3.35. The third kappa shape index (κ3) is 2.91. The van der Waals surface area contributed by atoms with Gasteiger partial charge in [-0.2, -0.15) is 0 Å². The normalized spacial score (nSPS) is 10.7. The van der Waals surface area contributed by atoms with Crippen LogP contribution in [0.25, 0.3) is 5.69 Å². The smallest absolute Gasteiger partial charge is 0.0969 e. The summed E-state index contributed by atoms with van der Waals surface area (Å²) in [4.78, 5) is 0. The van der Waals surface area contributed by atoms with Crippen LogP contribution in [-0.2, 0) is 13.0 Å². The highest BCUT2D eigenvalue weighted by Gasteiger charge is 2.02. The fraction of sp³-hybridized carbons (Fsp3) is 0.385. The second-order valence-corrected chi connectivity index (χ2v) is 3.96. The molecule has 0 radical (unpaired) electrons. The summed E-state index contributed by atoms with van der Waals surface area (Å²) < 4.78 is 1.83. The zero-order valence-electron chi connectivity index (χ0n) is 10.3. The number of nitrogens with zero attached hydrogens (tertiary/aromatic N) is 3. The highest BCUT2D eigenvalue weighted by molar-refractivity contribution is 5.35. The first-order valence-corrected chi connectivity index (χ1v) is 6.04. The molecule has 1 aromatic heterocycles. The minimum absolute atomic E-state index is 0.768. The van der Waals surface area contributed by atoms with E-state index in [2.05, 4.69) is 47.7 Å². The Morgan fingerprint density at radius 3 is 2.94 bits per heavy atom. The number of aryl methyl sites for hydroxylation is 1. The number of hydrogen-bond acceptors (Lipinski definition) is 3. The molecule has 1 N–H and O–H groups in total. The number of nitrogens with one attached hydrogen (secondary N) is 1. The van der Waals surface area contributed by atoms with Crippen molar-refractivity contribution in [2.45, 2.75) is 26.8 Å². The summed E-state index contributed by atoms with van der Waals surface area (Å²) >= 11 is 0. The summed E-state index contributed by atoms with van der Waals surface area (Å²) in [6.07, 6.45) is 3.00. The van der Waals surface area contributed by atoms with Crippen LogP contribution in [0.1, 0.15) is 25.1 Å². The summed E-state index contributed by atoms with van der Waals surface area (Å²) in [7, 11) is 0. The Bertz CT molecular complexity index is 476. The van der Waals surface area contributed by atoms with Gasteiger partial charge in [-0.1, -0.05) is 31.2 Å². The molecule has 4 nitrogen and oxygen atoms in total. The zero-order valence-corrected chi connectivity index (χ0v) is 10.3. The Labute approximate surface area is 102 Å². The van der Waals surface area contributed by atoms with Gasteiger partial charge in [-0.05, 0) is 30.7 Å². The highest BCUT2D eigenvalue weighted by atomic mass is 15.4. The summed E-state index contributed by atoms with van der Waals surface area (Å²) in [6, 6.07) is 8.37. The molecule has 0 fully saturated rings. The van der Waals surface area contributed by atoms with Crippen molar-refractivity contribution in [1.82, 2.24) is 20.3 Å². The van der Waals surface area contributed by atoms with Crippen molar-refractivity contribution in [2.75, 3.05) is 6.54 Å². The fourth-order valence-corrected chi connectivity index (χ4v) is 1.68. The Morgan fingerprint density at radius 2 is 2.18 bits per heavy atom. The Morgan fingerprint density at radius 1 is 1.29 bits per heavy atom. The van der Waals surface area contributed by atoms with Crippen molar-refractivity contribution in [3.63, 3.8) is 0 Å². The lowest BCUT2D eigenvalue weighted by molar-refractivity contribution is 0.705. The van der Waals surface area contributed by atoms with Crippen molar-refractivity contribution in [1.29, 1.82) is 0 Å². The fourth-order valence-electron chi connectivity index (χ4n) is 1.68. The molecule has 4 heteroatoms. The first-order valence-electron chi connectivity index (χ1n) is 6.04. The largest absolute Gasteiger partial charge is 0.311 e. The van der Waals surface area contributed by atoms with Gasteiger partial charge in [0.15, 0.2) is 0 Å². The maximum atomic E-state index is 4.14. The quantitative estimate of drug-likeness (QED) is 0.853. The van der Waals surface area contributed by atoms with Crippen LogP contribution in [0.5, 0.6) is 0 Å². The SMILES string of the molecule is CCNCc1cn(-c2cccc(CC)c2)nn1. The van der Waals surface area contributed by atoms with Gasteiger partial charge in [0.05, 0.1) is 17.6 Å². The molecule has 0 amide bonds. The molecule has 0 aliphatic rings. The van der Waals surface area contributed by atoms with E-state index in [0.717, 1.165) is 30.9 Å². The van der Waals surface area contributed by atoms with Crippen LogP contribution in [0, 0.1) is 0 Å². The van der Waals surface area contributed by atoms with Gasteiger partial charge in [-0.25, -0.2) is 4.68 Å². The molecule has 2 aromatic rings. The topological polar surface area (TPSA) is 42.7 Å². The number of aromatic nitrogens is 3. The predicted molar refractivity (Wildman–Crippen MR) is 68.1 cm³/mol. The van der Waals surface area contributed by atoms with Crippen LogP contribution in [0.3, 0.4) is 0 Å². The molecule has 2 rings (SSSR count). The lowest BCUT2D eigenvalue weighted by Gasteiger charge is -2.02. The van der Waals surface area contributed by atoms with E-state index < -0.39 is 0 Å². The number of rotatable bonds is 5. The van der Waals surface area contributed by atoms with Crippen LogP contribution in [0.15, 0.2) is 30.5 Å². The molecular weight excluding hydrogens is 212 g/mol. The average molecular weight is 230 g/mol. The van der Waals surface area contributed by atoms with Crippen molar-refractivity contribution in [2.24, 2.45) is 0 Å². The summed E-state index contributed by atoms with van der Waals surface area (Å²) in [5, 5.41) is 11.5. The van der Waals surface area contributed by atoms with Gasteiger partial charge in [0.1, 0.15) is 0 Å². The Kier molecular flexibility index (Phi) is 3.88. The van der Waals surface area contributed by atoms with Gasteiger partial charge in [0, 0.05) is 6.54 Å². The monoisotopic (exact) mass is 230 g/mol. The van der Waals surface area contributed by atoms with E-state index in [1.54, 1.807) is 0 Å². The van der Waals surface area contributed by atoms with Crippen LogP contribution in [0.4, 0.5) is 0 Å². The number of hydrogen-bond donors (Lipinski definition) is 1. The molecule has 17 heavy (non-hydrogen) atoms. The molecule has 90 valence electrons. The van der Waals surface area contributed by atoms with Crippen LogP contribution in [0.2, 0.25) is 0 Å². The van der Waals surface area contributed by atoms with Gasteiger partial charge < -0.3 is 5.32 Å². The minimum atomic E-state index is 0.768. The van der Waals surface area contributed by atoms with Gasteiger partial charge in [-0.3, -0.25) is 0 Å². The third-order valence-corrected chi connectivity index (χ3v) is 2.68. The lowest BCUT2D eigenvalue weighted by atomic mass is 10.1. The molecule has 0 aliphatic heterocycles. The van der Waals surface area contributed by atoms with Gasteiger partial charge in [0.25, 0.3) is 0 Å². The van der Waals surface area contributed by atoms with Crippen molar-refractivity contribution >= 4 is 0 Å². The van der Waals surface area contributed by atoms with E-state index in [1.165, 1.54) is 5.56 Å². The van der Waals surface area contributed by atoms with Gasteiger partial charge >= 0.3 is 0 Å². The average Bonchev–Trinajstić information content (AvgIpc) is 2.85. The van der Waals surface area contributed by atoms with Crippen LogP contribution >= 0.6 is 0 Å². The van der Waals surface area contributed by atoms with Gasteiger partial charge in [-0.15, -0.1) is 5.10 Å². The molecule has 0 saturated carbocycles. The standard InChI is InChI=1S/C13H18N4/c1-3-11-6-5-7-13(8-11)17-10-12(15-16-17)9-14-4-2/h5-8,10,14H,3-4,9H2,1-2H3.